The predicted octanol–water partition coefficient (Wildman–Crippen LogP) is 4.25. The van der Waals surface area contributed by atoms with E-state index in [1.165, 1.54) is 18.2 Å². The van der Waals surface area contributed by atoms with E-state index in [4.69, 9.17) is 5.73 Å². The SMILES string of the molecule is NC(Cc1cc(F)ccc1Br)c1ccc(F)c(F)c1F. The van der Waals surface area contributed by atoms with Gasteiger partial charge in [-0.25, -0.2) is 17.6 Å². The summed E-state index contributed by atoms with van der Waals surface area (Å²) >= 11 is 3.23. The monoisotopic (exact) mass is 347 g/mol. The van der Waals surface area contributed by atoms with Crippen molar-refractivity contribution in [1.82, 2.24) is 0 Å². The van der Waals surface area contributed by atoms with Crippen LogP contribution in [0.4, 0.5) is 17.6 Å². The molecule has 0 aliphatic rings. The quantitative estimate of drug-likeness (QED) is 0.651. The van der Waals surface area contributed by atoms with Crippen LogP contribution < -0.4 is 5.73 Å². The van der Waals surface area contributed by atoms with E-state index in [9.17, 15) is 17.6 Å². The molecule has 2 N–H and O–H groups in total. The first-order valence-corrected chi connectivity index (χ1v) is 6.52. The molecule has 0 aliphatic heterocycles. The van der Waals surface area contributed by atoms with Crippen LogP contribution in [0.5, 0.6) is 0 Å². The van der Waals surface area contributed by atoms with Gasteiger partial charge in [0.25, 0.3) is 0 Å². The van der Waals surface area contributed by atoms with Crippen molar-refractivity contribution in [2.24, 2.45) is 5.73 Å². The largest absolute Gasteiger partial charge is 0.324 e. The molecule has 106 valence electrons. The zero-order valence-electron chi connectivity index (χ0n) is 10.1. The minimum atomic E-state index is -1.56. The fourth-order valence-electron chi connectivity index (χ4n) is 1.87. The lowest BCUT2D eigenvalue weighted by molar-refractivity contribution is 0.435. The number of nitrogens with two attached hydrogens (primary N) is 1. The average molecular weight is 348 g/mol. The normalized spacial score (nSPS) is 12.5. The fraction of sp³-hybridized carbons (Fsp3) is 0.143. The van der Waals surface area contributed by atoms with Crippen LogP contribution >= 0.6 is 15.9 Å². The Kier molecular flexibility index (Phi) is 4.45. The summed E-state index contributed by atoms with van der Waals surface area (Å²) in [5.41, 5.74) is 6.16. The molecule has 0 spiro atoms. The van der Waals surface area contributed by atoms with E-state index in [2.05, 4.69) is 15.9 Å². The molecule has 0 saturated carbocycles. The van der Waals surface area contributed by atoms with Crippen LogP contribution in [0.3, 0.4) is 0 Å². The molecule has 0 aliphatic carbocycles. The zero-order chi connectivity index (χ0) is 14.9. The predicted molar refractivity (Wildman–Crippen MR) is 71.0 cm³/mol. The third-order valence-electron chi connectivity index (χ3n) is 2.91. The molecule has 0 radical (unpaired) electrons. The van der Waals surface area contributed by atoms with Gasteiger partial charge in [0.05, 0.1) is 0 Å². The van der Waals surface area contributed by atoms with E-state index in [1.807, 2.05) is 0 Å². The fourth-order valence-corrected chi connectivity index (χ4v) is 2.28. The Hall–Kier alpha value is -1.40. The summed E-state index contributed by atoms with van der Waals surface area (Å²) in [7, 11) is 0. The lowest BCUT2D eigenvalue weighted by Gasteiger charge is -2.14. The van der Waals surface area contributed by atoms with E-state index in [1.54, 1.807) is 0 Å². The van der Waals surface area contributed by atoms with Gasteiger partial charge in [-0.3, -0.25) is 0 Å². The van der Waals surface area contributed by atoms with Crippen molar-refractivity contribution >= 4 is 15.9 Å². The highest BCUT2D eigenvalue weighted by Gasteiger charge is 2.19. The third kappa shape index (κ3) is 3.02. The molecule has 1 atom stereocenters. The van der Waals surface area contributed by atoms with Crippen LogP contribution in [0.15, 0.2) is 34.8 Å². The molecule has 0 fully saturated rings. The lowest BCUT2D eigenvalue weighted by Crippen LogP contribution is -2.16. The molecule has 1 unspecified atom stereocenters. The van der Waals surface area contributed by atoms with E-state index in [0.29, 0.717) is 10.0 Å². The van der Waals surface area contributed by atoms with Gasteiger partial charge >= 0.3 is 0 Å². The number of rotatable bonds is 3. The van der Waals surface area contributed by atoms with Gasteiger partial charge in [-0.15, -0.1) is 0 Å². The Morgan fingerprint density at radius 1 is 1.00 bits per heavy atom. The summed E-state index contributed by atoms with van der Waals surface area (Å²) in [5.74, 6) is -4.60. The van der Waals surface area contributed by atoms with Crippen LogP contribution in [0.25, 0.3) is 0 Å². The Labute approximate surface area is 121 Å². The molecule has 0 heterocycles. The molecule has 0 amide bonds. The standard InChI is InChI=1S/C14H10BrF4N/c15-10-3-1-8(16)5-7(10)6-12(20)9-2-4-11(17)14(19)13(9)18/h1-5,12H,6,20H2. The van der Waals surface area contributed by atoms with Crippen LogP contribution in [0.1, 0.15) is 17.2 Å². The van der Waals surface area contributed by atoms with Gasteiger partial charge in [-0.2, -0.15) is 0 Å². The molecule has 6 heteroatoms. The van der Waals surface area contributed by atoms with Crippen molar-refractivity contribution < 1.29 is 17.6 Å². The molecule has 2 aromatic carbocycles. The lowest BCUT2D eigenvalue weighted by atomic mass is 9.99. The van der Waals surface area contributed by atoms with Gasteiger partial charge < -0.3 is 5.73 Å². The summed E-state index contributed by atoms with van der Waals surface area (Å²) in [6.45, 7) is 0. The van der Waals surface area contributed by atoms with Crippen molar-refractivity contribution in [2.75, 3.05) is 0 Å². The number of benzene rings is 2. The first kappa shape index (κ1) is 15.0. The molecular formula is C14H10BrF4N. The summed E-state index contributed by atoms with van der Waals surface area (Å²) < 4.78 is 53.4. The minimum Gasteiger partial charge on any atom is -0.324 e. The topological polar surface area (TPSA) is 26.0 Å². The van der Waals surface area contributed by atoms with Crippen LogP contribution in [0, 0.1) is 23.3 Å². The van der Waals surface area contributed by atoms with Crippen LogP contribution in [-0.2, 0) is 6.42 Å². The van der Waals surface area contributed by atoms with Crippen molar-refractivity contribution in [3.63, 3.8) is 0 Å². The van der Waals surface area contributed by atoms with Gasteiger partial charge in [-0.1, -0.05) is 22.0 Å². The van der Waals surface area contributed by atoms with Gasteiger partial charge in [0, 0.05) is 16.1 Å². The van der Waals surface area contributed by atoms with Gasteiger partial charge in [0.2, 0.25) is 0 Å². The second kappa shape index (κ2) is 5.93. The maximum Gasteiger partial charge on any atom is 0.194 e. The first-order valence-electron chi connectivity index (χ1n) is 5.73. The van der Waals surface area contributed by atoms with Crippen molar-refractivity contribution in [2.45, 2.75) is 12.5 Å². The summed E-state index contributed by atoms with van der Waals surface area (Å²) in [5, 5.41) is 0. The molecule has 1 nitrogen and oxygen atoms in total. The van der Waals surface area contributed by atoms with E-state index in [0.717, 1.165) is 12.1 Å². The maximum atomic E-state index is 13.6. The Morgan fingerprint density at radius 2 is 1.70 bits per heavy atom. The van der Waals surface area contributed by atoms with Gasteiger partial charge in [-0.05, 0) is 36.2 Å². The van der Waals surface area contributed by atoms with Crippen molar-refractivity contribution in [3.8, 4) is 0 Å². The van der Waals surface area contributed by atoms with Crippen molar-refractivity contribution in [3.05, 3.63) is 69.2 Å². The summed E-state index contributed by atoms with van der Waals surface area (Å²) in [6, 6.07) is 5.00. The Bertz CT molecular complexity index is 645. The molecule has 2 aromatic rings. The average Bonchev–Trinajstić information content (AvgIpc) is 2.40. The molecule has 0 aromatic heterocycles. The third-order valence-corrected chi connectivity index (χ3v) is 3.69. The number of hydrogen-bond acceptors (Lipinski definition) is 1. The minimum absolute atomic E-state index is 0.0837. The summed E-state index contributed by atoms with van der Waals surface area (Å²) in [4.78, 5) is 0. The van der Waals surface area contributed by atoms with Crippen LogP contribution in [-0.4, -0.2) is 0 Å². The van der Waals surface area contributed by atoms with E-state index < -0.39 is 29.3 Å². The molecular weight excluding hydrogens is 338 g/mol. The number of halogens is 5. The Morgan fingerprint density at radius 3 is 2.40 bits per heavy atom. The molecule has 0 bridgehead atoms. The molecule has 2 rings (SSSR count). The Balaban J connectivity index is 2.31. The van der Waals surface area contributed by atoms with E-state index >= 15 is 0 Å². The summed E-state index contributed by atoms with van der Waals surface area (Å²) in [6.07, 6.45) is 0.0837. The maximum absolute atomic E-state index is 13.6. The molecule has 20 heavy (non-hydrogen) atoms. The highest BCUT2D eigenvalue weighted by atomic mass is 79.9. The first-order chi connectivity index (χ1) is 9.40. The number of hydrogen-bond donors (Lipinski definition) is 1. The smallest absolute Gasteiger partial charge is 0.194 e. The second-order valence-electron chi connectivity index (χ2n) is 4.31. The van der Waals surface area contributed by atoms with Crippen molar-refractivity contribution in [1.29, 1.82) is 0 Å². The van der Waals surface area contributed by atoms with Gasteiger partial charge in [0.1, 0.15) is 5.82 Å². The second-order valence-corrected chi connectivity index (χ2v) is 5.17. The van der Waals surface area contributed by atoms with E-state index in [-0.39, 0.29) is 12.0 Å². The molecule has 0 saturated heterocycles. The zero-order valence-corrected chi connectivity index (χ0v) is 11.7. The van der Waals surface area contributed by atoms with Gasteiger partial charge in [0.15, 0.2) is 17.5 Å². The van der Waals surface area contributed by atoms with Crippen LogP contribution in [0.2, 0.25) is 0 Å². The highest BCUT2D eigenvalue weighted by Crippen LogP contribution is 2.26. The highest BCUT2D eigenvalue weighted by molar-refractivity contribution is 9.10.